The van der Waals surface area contributed by atoms with Crippen LogP contribution in [0.1, 0.15) is 164 Å². The lowest BCUT2D eigenvalue weighted by Crippen LogP contribution is -2.51. The third-order valence-electron chi connectivity index (χ3n) is 12.7. The van der Waals surface area contributed by atoms with Crippen molar-refractivity contribution in [3.63, 3.8) is 0 Å². The fourth-order valence-corrected chi connectivity index (χ4v) is 10.2. The summed E-state index contributed by atoms with van der Waals surface area (Å²) in [6.45, 7) is 14.5. The van der Waals surface area contributed by atoms with Crippen molar-refractivity contribution in [3.8, 4) is 0 Å². The largest absolute Gasteiger partial charge is 0.430 e. The lowest BCUT2D eigenvalue weighted by molar-refractivity contribution is -0.143. The maximum absolute atomic E-state index is 13.1. The Morgan fingerprint density at radius 1 is 0.929 bits per heavy atom. The van der Waals surface area contributed by atoms with Gasteiger partial charge < -0.3 is 9.84 Å². The number of aliphatic hydroxyl groups excluding tert-OH is 1. The molecular formula is C39H66O3. The van der Waals surface area contributed by atoms with Crippen molar-refractivity contribution < 1.29 is 14.6 Å². The normalized spacial score (nSPS) is 34.7. The maximum Gasteiger partial charge on any atom is 0.310 e. The number of fused-ring (bicyclic) bond motifs is 5. The van der Waals surface area contributed by atoms with Crippen LogP contribution >= 0.6 is 0 Å². The van der Waals surface area contributed by atoms with Crippen LogP contribution in [-0.4, -0.2) is 17.2 Å². The van der Waals surface area contributed by atoms with Crippen molar-refractivity contribution in [2.24, 2.45) is 46.3 Å². The fraction of sp³-hybridized carbons (Fsp3) is 0.872. The Kier molecular flexibility index (Phi) is 12.3. The fourth-order valence-electron chi connectivity index (χ4n) is 10.2. The van der Waals surface area contributed by atoms with Crippen molar-refractivity contribution in [1.29, 1.82) is 0 Å². The summed E-state index contributed by atoms with van der Waals surface area (Å²) in [6, 6.07) is 0. The zero-order chi connectivity index (χ0) is 30.3. The molecule has 3 heteroatoms. The van der Waals surface area contributed by atoms with Gasteiger partial charge in [0.05, 0.1) is 6.10 Å². The van der Waals surface area contributed by atoms with Gasteiger partial charge >= 0.3 is 5.97 Å². The number of ether oxygens (including phenoxy) is 1. The molecule has 240 valence electrons. The molecule has 0 amide bonds. The molecule has 42 heavy (non-hydrogen) atoms. The zero-order valence-electron chi connectivity index (χ0n) is 28.4. The van der Waals surface area contributed by atoms with Crippen LogP contribution in [0.25, 0.3) is 0 Å². The van der Waals surface area contributed by atoms with E-state index in [2.05, 4.69) is 47.6 Å². The molecule has 1 N–H and O–H groups in total. The van der Waals surface area contributed by atoms with Crippen LogP contribution in [-0.2, 0) is 9.53 Å². The first-order valence-electron chi connectivity index (χ1n) is 18.4. The van der Waals surface area contributed by atoms with Crippen LogP contribution in [0.4, 0.5) is 0 Å². The zero-order valence-corrected chi connectivity index (χ0v) is 28.4. The minimum Gasteiger partial charge on any atom is -0.430 e. The SMILES string of the molecule is CCCCCCCCCCCC(=O)OC1=C[C@@H](O)CC2=CC[C@@H]3[C@H](CC[C@]4(C)[C@@H]([C@H](C)CCCC(C)C)CC[C@@H]34)[C@]21C. The summed E-state index contributed by atoms with van der Waals surface area (Å²) in [5.74, 6) is 5.04. The monoisotopic (exact) mass is 583 g/mol. The number of hydrogen-bond donors (Lipinski definition) is 1. The molecule has 2 fully saturated rings. The molecule has 0 aromatic rings. The van der Waals surface area contributed by atoms with Crippen LogP contribution in [0, 0.1) is 46.3 Å². The topological polar surface area (TPSA) is 46.5 Å². The summed E-state index contributed by atoms with van der Waals surface area (Å²) in [4.78, 5) is 13.1. The number of hydrogen-bond acceptors (Lipinski definition) is 3. The Morgan fingerprint density at radius 3 is 2.31 bits per heavy atom. The first kappa shape index (κ1) is 33.8. The minimum absolute atomic E-state index is 0.0993. The van der Waals surface area contributed by atoms with Crippen LogP contribution in [0.15, 0.2) is 23.5 Å². The van der Waals surface area contributed by atoms with E-state index in [1.807, 2.05) is 6.08 Å². The number of aliphatic hydroxyl groups is 1. The molecule has 0 unspecified atom stereocenters. The van der Waals surface area contributed by atoms with E-state index < -0.39 is 6.10 Å². The first-order chi connectivity index (χ1) is 20.1. The van der Waals surface area contributed by atoms with Crippen molar-refractivity contribution in [3.05, 3.63) is 23.5 Å². The first-order valence-corrected chi connectivity index (χ1v) is 18.4. The molecule has 0 spiro atoms. The third kappa shape index (κ3) is 7.58. The van der Waals surface area contributed by atoms with Gasteiger partial charge in [-0.3, -0.25) is 4.79 Å². The Morgan fingerprint density at radius 2 is 1.62 bits per heavy atom. The molecule has 3 nitrogen and oxygen atoms in total. The average molecular weight is 583 g/mol. The second-order valence-electron chi connectivity index (χ2n) is 15.9. The Balaban J connectivity index is 1.36. The standard InChI is InChI=1S/C39H66O3/c1-7-8-9-10-11-12-13-14-15-19-37(41)42-36-27-31(40)26-30-20-21-32-34-23-22-33(29(4)18-16-17-28(2)3)38(34,5)25-24-35(32)39(30,36)6/h20,27-29,31-35,40H,7-19,21-26H2,1-6H3/t29-,31+,32+,33-,34+,35+,38-,39+/m1/s1. The number of unbranched alkanes of at least 4 members (excludes halogenated alkanes) is 8. The molecule has 0 aromatic carbocycles. The number of allylic oxidation sites excluding steroid dienone is 2. The second-order valence-corrected chi connectivity index (χ2v) is 15.9. The lowest BCUT2D eigenvalue weighted by atomic mass is 9.47. The number of esters is 1. The highest BCUT2D eigenvalue weighted by Gasteiger charge is 2.60. The summed E-state index contributed by atoms with van der Waals surface area (Å²) in [7, 11) is 0. The molecule has 0 aliphatic heterocycles. The van der Waals surface area contributed by atoms with Gasteiger partial charge in [-0.15, -0.1) is 0 Å². The van der Waals surface area contributed by atoms with E-state index >= 15 is 0 Å². The van der Waals surface area contributed by atoms with Crippen molar-refractivity contribution in [1.82, 2.24) is 0 Å². The molecule has 4 rings (SSSR count). The highest BCUT2D eigenvalue weighted by molar-refractivity contribution is 5.71. The maximum atomic E-state index is 13.1. The molecule has 0 heterocycles. The summed E-state index contributed by atoms with van der Waals surface area (Å²) >= 11 is 0. The Labute approximate surface area is 259 Å². The molecule has 0 aromatic heterocycles. The van der Waals surface area contributed by atoms with Crippen LogP contribution in [0.3, 0.4) is 0 Å². The summed E-state index contributed by atoms with van der Waals surface area (Å²) in [6.07, 6.45) is 26.7. The molecule has 8 atom stereocenters. The average Bonchev–Trinajstić information content (AvgIpc) is 3.30. The van der Waals surface area contributed by atoms with Gasteiger partial charge in [0, 0.05) is 11.8 Å². The van der Waals surface area contributed by atoms with E-state index in [1.54, 1.807) is 0 Å². The number of rotatable bonds is 16. The summed E-state index contributed by atoms with van der Waals surface area (Å²) in [5, 5.41) is 10.8. The van der Waals surface area contributed by atoms with Crippen molar-refractivity contribution in [2.45, 2.75) is 170 Å². The third-order valence-corrected chi connectivity index (χ3v) is 12.7. The number of carbonyl (C=O) groups is 1. The van der Waals surface area contributed by atoms with Crippen molar-refractivity contribution >= 4 is 5.97 Å². The molecular weight excluding hydrogens is 516 g/mol. The van der Waals surface area contributed by atoms with Gasteiger partial charge in [-0.2, -0.15) is 0 Å². The van der Waals surface area contributed by atoms with E-state index in [0.717, 1.165) is 48.7 Å². The highest BCUT2D eigenvalue weighted by atomic mass is 16.5. The molecule has 4 aliphatic carbocycles. The summed E-state index contributed by atoms with van der Waals surface area (Å²) < 4.78 is 6.24. The molecule has 2 saturated carbocycles. The van der Waals surface area contributed by atoms with Gasteiger partial charge in [0.15, 0.2) is 0 Å². The van der Waals surface area contributed by atoms with Gasteiger partial charge in [-0.25, -0.2) is 0 Å². The Hall–Kier alpha value is -1.09. The van der Waals surface area contributed by atoms with Gasteiger partial charge in [0.2, 0.25) is 0 Å². The lowest BCUT2D eigenvalue weighted by Gasteiger charge is -2.58. The Bertz CT molecular complexity index is 932. The van der Waals surface area contributed by atoms with E-state index in [9.17, 15) is 9.90 Å². The molecule has 4 aliphatic rings. The van der Waals surface area contributed by atoms with Gasteiger partial charge in [-0.05, 0) is 98.9 Å². The predicted octanol–water partition coefficient (Wildman–Crippen LogP) is 11.0. The number of carbonyl (C=O) groups excluding carboxylic acids is 1. The van der Waals surface area contributed by atoms with E-state index in [1.165, 1.54) is 95.5 Å². The van der Waals surface area contributed by atoms with Crippen molar-refractivity contribution in [2.75, 3.05) is 0 Å². The predicted molar refractivity (Wildman–Crippen MR) is 176 cm³/mol. The van der Waals surface area contributed by atoms with E-state index in [4.69, 9.17) is 4.74 Å². The molecule has 0 bridgehead atoms. The highest BCUT2D eigenvalue weighted by Crippen LogP contribution is 2.67. The van der Waals surface area contributed by atoms with Gasteiger partial charge in [-0.1, -0.05) is 117 Å². The van der Waals surface area contributed by atoms with Crippen LogP contribution in [0.5, 0.6) is 0 Å². The van der Waals surface area contributed by atoms with E-state index in [-0.39, 0.29) is 11.4 Å². The van der Waals surface area contributed by atoms with Crippen LogP contribution in [0.2, 0.25) is 0 Å². The quantitative estimate of drug-likeness (QED) is 0.112. The second kappa shape index (κ2) is 15.3. The van der Waals surface area contributed by atoms with Gasteiger partial charge in [0.1, 0.15) is 5.76 Å². The summed E-state index contributed by atoms with van der Waals surface area (Å²) in [5.41, 5.74) is 1.51. The minimum atomic E-state index is -0.548. The van der Waals surface area contributed by atoms with Crippen LogP contribution < -0.4 is 0 Å². The molecule has 0 radical (unpaired) electrons. The van der Waals surface area contributed by atoms with E-state index in [0.29, 0.717) is 30.1 Å². The van der Waals surface area contributed by atoms with Gasteiger partial charge in [0.25, 0.3) is 0 Å². The smallest absolute Gasteiger partial charge is 0.310 e. The molecule has 0 saturated heterocycles.